The van der Waals surface area contributed by atoms with Crippen molar-refractivity contribution in [3.8, 4) is 5.82 Å². The number of rotatable bonds is 4. The molecule has 132 valence electrons. The van der Waals surface area contributed by atoms with E-state index in [1.54, 1.807) is 10.9 Å². The summed E-state index contributed by atoms with van der Waals surface area (Å²) in [6, 6.07) is 15.8. The highest BCUT2D eigenvalue weighted by Gasteiger charge is 2.45. The van der Waals surface area contributed by atoms with E-state index in [4.69, 9.17) is 0 Å². The van der Waals surface area contributed by atoms with Gasteiger partial charge in [0.1, 0.15) is 0 Å². The highest BCUT2D eigenvalue weighted by Crippen LogP contribution is 2.44. The number of amides is 1. The molecule has 0 atom stereocenters. The van der Waals surface area contributed by atoms with Gasteiger partial charge in [-0.1, -0.05) is 36.8 Å². The van der Waals surface area contributed by atoms with E-state index in [1.165, 1.54) is 0 Å². The molecule has 5 heteroatoms. The molecule has 0 unspecified atom stereocenters. The van der Waals surface area contributed by atoms with Crippen LogP contribution in [0, 0.1) is 13.8 Å². The monoisotopic (exact) mass is 346 g/mol. The minimum atomic E-state index is -0.407. The molecule has 1 aliphatic carbocycles. The number of aryl methyl sites for hydroxylation is 2. The molecule has 2 aromatic heterocycles. The molecule has 1 aromatic carbocycles. The van der Waals surface area contributed by atoms with Gasteiger partial charge in [-0.15, -0.1) is 0 Å². The van der Waals surface area contributed by atoms with Gasteiger partial charge in [0.15, 0.2) is 5.82 Å². The summed E-state index contributed by atoms with van der Waals surface area (Å²) in [6.45, 7) is 3.96. The molecule has 5 nitrogen and oxygen atoms in total. The standard InChI is InChI=1S/C21H22N4O/c1-15-13-16(2)25(24-15)19-10-9-18(14-22-19)23-20(26)21(11-6-12-21)17-7-4-3-5-8-17/h3-5,7-10,13-14H,6,11-12H2,1-2H3,(H,23,26). The molecular weight excluding hydrogens is 324 g/mol. The minimum absolute atomic E-state index is 0.0515. The van der Waals surface area contributed by atoms with Gasteiger partial charge in [-0.25, -0.2) is 9.67 Å². The van der Waals surface area contributed by atoms with Crippen molar-refractivity contribution in [2.24, 2.45) is 0 Å². The number of nitrogens with zero attached hydrogens (tertiary/aromatic N) is 3. The van der Waals surface area contributed by atoms with Crippen LogP contribution in [0.25, 0.3) is 5.82 Å². The molecule has 1 amide bonds. The summed E-state index contributed by atoms with van der Waals surface area (Å²) in [7, 11) is 0. The Balaban J connectivity index is 1.54. The molecule has 0 saturated heterocycles. The summed E-state index contributed by atoms with van der Waals surface area (Å²) in [4.78, 5) is 17.4. The van der Waals surface area contributed by atoms with Gasteiger partial charge in [-0.3, -0.25) is 4.79 Å². The van der Waals surface area contributed by atoms with Crippen LogP contribution in [0.2, 0.25) is 0 Å². The Morgan fingerprint density at radius 1 is 1.12 bits per heavy atom. The Bertz CT molecular complexity index is 924. The normalized spacial score (nSPS) is 15.3. The van der Waals surface area contributed by atoms with Gasteiger partial charge in [-0.2, -0.15) is 5.10 Å². The van der Waals surface area contributed by atoms with Gasteiger partial charge in [0, 0.05) is 5.69 Å². The summed E-state index contributed by atoms with van der Waals surface area (Å²) >= 11 is 0. The van der Waals surface area contributed by atoms with E-state index in [-0.39, 0.29) is 5.91 Å². The maximum atomic E-state index is 13.0. The Morgan fingerprint density at radius 3 is 2.42 bits per heavy atom. The largest absolute Gasteiger partial charge is 0.324 e. The van der Waals surface area contributed by atoms with Crippen molar-refractivity contribution in [3.63, 3.8) is 0 Å². The lowest BCUT2D eigenvalue weighted by molar-refractivity contribution is -0.124. The van der Waals surface area contributed by atoms with Crippen LogP contribution in [0.15, 0.2) is 54.7 Å². The number of nitrogens with one attached hydrogen (secondary N) is 1. The highest BCUT2D eigenvalue weighted by molar-refractivity contribution is 5.99. The minimum Gasteiger partial charge on any atom is -0.324 e. The number of anilines is 1. The van der Waals surface area contributed by atoms with E-state index >= 15 is 0 Å². The zero-order chi connectivity index (χ0) is 18.1. The Labute approximate surface area is 153 Å². The number of carbonyl (C=O) groups is 1. The third-order valence-corrected chi connectivity index (χ3v) is 5.20. The van der Waals surface area contributed by atoms with Crippen molar-refractivity contribution in [2.45, 2.75) is 38.5 Å². The predicted octanol–water partition coefficient (Wildman–Crippen LogP) is 3.94. The van der Waals surface area contributed by atoms with Gasteiger partial charge >= 0.3 is 0 Å². The summed E-state index contributed by atoms with van der Waals surface area (Å²) in [5.74, 6) is 0.797. The van der Waals surface area contributed by atoms with Crippen molar-refractivity contribution < 1.29 is 4.79 Å². The fraction of sp³-hybridized carbons (Fsp3) is 0.286. The molecule has 1 N–H and O–H groups in total. The summed E-state index contributed by atoms with van der Waals surface area (Å²) in [6.07, 6.45) is 4.55. The van der Waals surface area contributed by atoms with E-state index in [2.05, 4.69) is 15.4 Å². The Kier molecular flexibility index (Phi) is 4.07. The average molecular weight is 346 g/mol. The summed E-state index contributed by atoms with van der Waals surface area (Å²) in [5, 5.41) is 7.49. The fourth-order valence-electron chi connectivity index (χ4n) is 3.63. The quantitative estimate of drug-likeness (QED) is 0.778. The number of benzene rings is 1. The van der Waals surface area contributed by atoms with Crippen LogP contribution in [-0.4, -0.2) is 20.7 Å². The molecule has 1 fully saturated rings. The van der Waals surface area contributed by atoms with Crippen molar-refractivity contribution >= 4 is 11.6 Å². The molecule has 0 spiro atoms. The molecule has 0 bridgehead atoms. The molecule has 1 aliphatic rings. The lowest BCUT2D eigenvalue weighted by atomic mass is 9.64. The third-order valence-electron chi connectivity index (χ3n) is 5.20. The van der Waals surface area contributed by atoms with E-state index in [0.717, 1.165) is 42.0 Å². The second-order valence-corrected chi connectivity index (χ2v) is 7.00. The van der Waals surface area contributed by atoms with Gasteiger partial charge in [-0.05, 0) is 50.5 Å². The number of aromatic nitrogens is 3. The van der Waals surface area contributed by atoms with Crippen molar-refractivity contribution in [2.75, 3.05) is 5.32 Å². The number of pyridine rings is 1. The van der Waals surface area contributed by atoms with Crippen LogP contribution < -0.4 is 5.32 Å². The molecule has 3 aromatic rings. The Hall–Kier alpha value is -2.95. The zero-order valence-electron chi connectivity index (χ0n) is 15.1. The van der Waals surface area contributed by atoms with Crippen molar-refractivity contribution in [1.29, 1.82) is 0 Å². The van der Waals surface area contributed by atoms with Crippen LogP contribution in [0.3, 0.4) is 0 Å². The first kappa shape index (κ1) is 16.5. The maximum absolute atomic E-state index is 13.0. The topological polar surface area (TPSA) is 59.8 Å². The lowest BCUT2D eigenvalue weighted by Crippen LogP contribution is -2.46. The predicted molar refractivity (Wildman–Crippen MR) is 101 cm³/mol. The van der Waals surface area contributed by atoms with Gasteiger partial charge < -0.3 is 5.32 Å². The Morgan fingerprint density at radius 2 is 1.88 bits per heavy atom. The number of hydrogen-bond acceptors (Lipinski definition) is 3. The molecule has 0 radical (unpaired) electrons. The third kappa shape index (κ3) is 2.79. The first-order valence-electron chi connectivity index (χ1n) is 8.95. The first-order chi connectivity index (χ1) is 12.6. The molecule has 26 heavy (non-hydrogen) atoms. The molecule has 1 saturated carbocycles. The first-order valence-corrected chi connectivity index (χ1v) is 8.95. The lowest BCUT2D eigenvalue weighted by Gasteiger charge is -2.40. The van der Waals surface area contributed by atoms with E-state index < -0.39 is 5.41 Å². The average Bonchev–Trinajstić information content (AvgIpc) is 2.94. The van der Waals surface area contributed by atoms with Crippen molar-refractivity contribution in [1.82, 2.24) is 14.8 Å². The van der Waals surface area contributed by atoms with Gasteiger partial charge in [0.05, 0.1) is 23.0 Å². The van der Waals surface area contributed by atoms with Crippen LogP contribution in [0.5, 0.6) is 0 Å². The van der Waals surface area contributed by atoms with Gasteiger partial charge in [0.2, 0.25) is 5.91 Å². The van der Waals surface area contributed by atoms with Crippen LogP contribution in [0.4, 0.5) is 5.69 Å². The zero-order valence-corrected chi connectivity index (χ0v) is 15.1. The molecule has 2 heterocycles. The smallest absolute Gasteiger partial charge is 0.235 e. The summed E-state index contributed by atoms with van der Waals surface area (Å²) < 4.78 is 1.80. The second-order valence-electron chi connectivity index (χ2n) is 7.00. The molecular formula is C21H22N4O. The molecule has 4 rings (SSSR count). The second kappa shape index (κ2) is 6.41. The van der Waals surface area contributed by atoms with Crippen LogP contribution >= 0.6 is 0 Å². The van der Waals surface area contributed by atoms with Gasteiger partial charge in [0.25, 0.3) is 0 Å². The maximum Gasteiger partial charge on any atom is 0.235 e. The van der Waals surface area contributed by atoms with Crippen molar-refractivity contribution in [3.05, 3.63) is 71.7 Å². The molecule has 0 aliphatic heterocycles. The SMILES string of the molecule is Cc1cc(C)n(-c2ccc(NC(=O)C3(c4ccccc4)CCC3)cn2)n1. The van der Waals surface area contributed by atoms with Crippen LogP contribution in [-0.2, 0) is 10.2 Å². The van der Waals surface area contributed by atoms with Crippen LogP contribution in [0.1, 0.15) is 36.2 Å². The highest BCUT2D eigenvalue weighted by atomic mass is 16.2. The van der Waals surface area contributed by atoms with E-state index in [0.29, 0.717) is 5.69 Å². The van der Waals surface area contributed by atoms with E-state index in [1.807, 2.05) is 62.4 Å². The number of carbonyl (C=O) groups excluding carboxylic acids is 1. The van der Waals surface area contributed by atoms with E-state index in [9.17, 15) is 4.79 Å². The number of hydrogen-bond donors (Lipinski definition) is 1. The fourth-order valence-corrected chi connectivity index (χ4v) is 3.63. The summed E-state index contributed by atoms with van der Waals surface area (Å²) in [5.41, 5.74) is 3.38.